The van der Waals surface area contributed by atoms with Gasteiger partial charge < -0.3 is 28.5 Å². The fraction of sp³-hybridized carbons (Fsp3) is 0.765. The highest BCUT2D eigenvalue weighted by Crippen LogP contribution is 2.38. The molecule has 0 aromatic rings. The van der Waals surface area contributed by atoms with E-state index in [1.165, 1.54) is 180 Å². The number of quaternary nitrogens is 1. The van der Waals surface area contributed by atoms with Crippen LogP contribution in [0.4, 0.5) is 0 Å². The van der Waals surface area contributed by atoms with E-state index in [2.05, 4.69) is 38.2 Å². The van der Waals surface area contributed by atoms with Crippen molar-refractivity contribution in [1.29, 1.82) is 0 Å². The van der Waals surface area contributed by atoms with Crippen LogP contribution in [0.1, 0.15) is 284 Å². The lowest BCUT2D eigenvalue weighted by atomic mass is 10.0. The second kappa shape index (κ2) is 57.4. The van der Waals surface area contributed by atoms with E-state index >= 15 is 0 Å². The summed E-state index contributed by atoms with van der Waals surface area (Å²) in [6.45, 7) is 6.69. The Morgan fingerprint density at radius 2 is 0.821 bits per heavy atom. The minimum absolute atomic E-state index is 0.0321. The third kappa shape index (κ3) is 57.9. The van der Waals surface area contributed by atoms with Crippen molar-refractivity contribution in [2.75, 3.05) is 40.9 Å². The highest BCUT2D eigenvalue weighted by atomic mass is 31.2. The van der Waals surface area contributed by atoms with Crippen LogP contribution < -0.4 is 10.2 Å². The van der Waals surface area contributed by atoms with Crippen LogP contribution >= 0.6 is 7.82 Å². The number of carbonyl (C=O) groups excluding carboxylic acids is 2. The zero-order valence-corrected chi connectivity index (χ0v) is 52.5. The first-order valence-electron chi connectivity index (χ1n) is 32.5. The summed E-state index contributed by atoms with van der Waals surface area (Å²) in [7, 11) is 1.16. The van der Waals surface area contributed by atoms with Crippen molar-refractivity contribution in [1.82, 2.24) is 5.32 Å². The van der Waals surface area contributed by atoms with E-state index in [9.17, 15) is 19.0 Å². The molecule has 0 aromatic carbocycles. The molecule has 1 N–H and O–H groups in total. The van der Waals surface area contributed by atoms with E-state index in [4.69, 9.17) is 13.8 Å². The molecule has 78 heavy (non-hydrogen) atoms. The molecule has 10 heteroatoms. The Hall–Kier alpha value is -2.81. The quantitative estimate of drug-likeness (QED) is 0.0161. The number of carbonyl (C=O) groups is 2. The summed E-state index contributed by atoms with van der Waals surface area (Å²) in [6, 6.07) is -0.909. The van der Waals surface area contributed by atoms with Gasteiger partial charge in [0.1, 0.15) is 19.3 Å². The van der Waals surface area contributed by atoms with E-state index in [-0.39, 0.29) is 24.9 Å². The number of hydrogen-bond acceptors (Lipinski definition) is 7. The zero-order chi connectivity index (χ0) is 57.2. The average Bonchev–Trinajstić information content (AvgIpc) is 3.40. The second-order valence-corrected chi connectivity index (χ2v) is 24.5. The Balaban J connectivity index is 5.21. The number of unbranched alkanes of at least 4 members (excludes halogenated alkanes) is 35. The third-order valence-electron chi connectivity index (χ3n) is 14.3. The smallest absolute Gasteiger partial charge is 0.306 e. The van der Waals surface area contributed by atoms with Crippen LogP contribution in [0.15, 0.2) is 85.1 Å². The Morgan fingerprint density at radius 3 is 1.24 bits per heavy atom. The number of hydrogen-bond donors (Lipinski definition) is 1. The molecule has 0 aliphatic carbocycles. The van der Waals surface area contributed by atoms with Crippen molar-refractivity contribution in [3.63, 3.8) is 0 Å². The number of phosphoric acid groups is 1. The number of allylic oxidation sites excluding steroid dienone is 13. The predicted molar refractivity (Wildman–Crippen MR) is 335 cm³/mol. The highest BCUT2D eigenvalue weighted by Gasteiger charge is 2.27. The van der Waals surface area contributed by atoms with Crippen molar-refractivity contribution >= 4 is 19.7 Å². The first kappa shape index (κ1) is 75.2. The Kier molecular flexibility index (Phi) is 55.4. The van der Waals surface area contributed by atoms with Crippen molar-refractivity contribution in [2.24, 2.45) is 0 Å². The lowest BCUT2D eigenvalue weighted by molar-refractivity contribution is -0.870. The Morgan fingerprint density at radius 1 is 0.462 bits per heavy atom. The molecular weight excluding hydrogens is 988 g/mol. The van der Waals surface area contributed by atoms with E-state index in [1.807, 2.05) is 94.1 Å². The summed E-state index contributed by atoms with van der Waals surface area (Å²) < 4.78 is 30.3. The molecule has 0 bridgehead atoms. The van der Waals surface area contributed by atoms with Gasteiger partial charge in [-0.2, -0.15) is 0 Å². The standard InChI is InChI=1S/C68H123N2O7P/c1-7-10-13-16-19-22-25-28-30-32-33-34-35-36-37-39-40-42-45-48-51-54-57-60-67(71)69-65(64-76-78(73,74)75-63-62-70(4,5)6)66(59-56-53-50-47-44-27-24-21-18-15-12-9-3)77-68(72)61-58-55-52-49-46-43-41-38-31-29-26-23-20-17-14-11-8-2/h11,14,17,20,23,26,29,31,38,41,43,46,56,59,65-66H,7-10,12-13,15-16,18-19,21-22,24-25,27-28,30,32-37,39-40,42,44-45,47-55,57-58,60-64H2,1-6H3,(H-,69,71,73,74)/b14-11-,20-17+,26-23+,31-29-,41-38+,46-43+,59-56+. The number of nitrogens with one attached hydrogen (secondary N) is 1. The van der Waals surface area contributed by atoms with E-state index < -0.39 is 26.6 Å². The van der Waals surface area contributed by atoms with Gasteiger partial charge in [0.25, 0.3) is 7.82 Å². The Bertz CT molecular complexity index is 1610. The van der Waals surface area contributed by atoms with Gasteiger partial charge in [-0.25, -0.2) is 0 Å². The molecule has 0 saturated carbocycles. The molecule has 0 spiro atoms. The van der Waals surface area contributed by atoms with E-state index in [0.717, 1.165) is 64.2 Å². The zero-order valence-electron chi connectivity index (χ0n) is 51.6. The maximum absolute atomic E-state index is 13.6. The van der Waals surface area contributed by atoms with Gasteiger partial charge >= 0.3 is 5.97 Å². The number of nitrogens with zero attached hydrogens (tertiary/aromatic N) is 1. The fourth-order valence-corrected chi connectivity index (χ4v) is 9.98. The molecule has 0 heterocycles. The first-order valence-corrected chi connectivity index (χ1v) is 33.9. The minimum Gasteiger partial charge on any atom is -0.756 e. The number of phosphoric ester groups is 1. The van der Waals surface area contributed by atoms with Gasteiger partial charge in [0, 0.05) is 12.8 Å². The minimum atomic E-state index is -4.71. The van der Waals surface area contributed by atoms with Crippen molar-refractivity contribution in [2.45, 2.75) is 296 Å². The SMILES string of the molecule is CC\C=C/C=C/C=C/C=C\C=C\C=C\CCCCCC(=O)OC(/C=C/CCCCCCCCCCCC)C(COP(=O)([O-])OCC[N+](C)(C)C)NC(=O)CCCCCCCCCCCCCCCCCCCCCCCCC. The van der Waals surface area contributed by atoms with Gasteiger partial charge in [-0.15, -0.1) is 0 Å². The summed E-state index contributed by atoms with van der Waals surface area (Å²) in [6.07, 6.45) is 75.6. The average molecular weight is 1110 g/mol. The monoisotopic (exact) mass is 1110 g/mol. The summed E-state index contributed by atoms with van der Waals surface area (Å²) >= 11 is 0. The second-order valence-electron chi connectivity index (χ2n) is 23.0. The molecule has 452 valence electrons. The van der Waals surface area contributed by atoms with Crippen LogP contribution in [-0.2, 0) is 27.9 Å². The number of likely N-dealkylation sites (N-methyl/N-ethyl adjacent to an activating group) is 1. The van der Waals surface area contributed by atoms with Gasteiger partial charge in [0.2, 0.25) is 5.91 Å². The summed E-state index contributed by atoms with van der Waals surface area (Å²) in [5.41, 5.74) is 0. The predicted octanol–water partition coefficient (Wildman–Crippen LogP) is 19.5. The molecule has 0 fully saturated rings. The van der Waals surface area contributed by atoms with Crippen LogP contribution in [0.3, 0.4) is 0 Å². The van der Waals surface area contributed by atoms with Crippen LogP contribution in [0, 0.1) is 0 Å². The Labute approximate surface area is 482 Å². The maximum Gasteiger partial charge on any atom is 0.306 e. The molecule has 0 saturated heterocycles. The lowest BCUT2D eigenvalue weighted by Gasteiger charge is -2.30. The van der Waals surface area contributed by atoms with Gasteiger partial charge in [-0.1, -0.05) is 305 Å². The third-order valence-corrected chi connectivity index (χ3v) is 15.2. The normalized spacial score (nSPS) is 14.2. The number of ether oxygens (including phenoxy) is 1. The van der Waals surface area contributed by atoms with Crippen LogP contribution in [0.2, 0.25) is 0 Å². The first-order chi connectivity index (χ1) is 37.9. The van der Waals surface area contributed by atoms with Gasteiger partial charge in [-0.05, 0) is 51.0 Å². The van der Waals surface area contributed by atoms with Crippen LogP contribution in [-0.4, -0.2) is 69.4 Å². The van der Waals surface area contributed by atoms with Crippen LogP contribution in [0.25, 0.3) is 0 Å². The van der Waals surface area contributed by atoms with Gasteiger partial charge in [0.15, 0.2) is 0 Å². The van der Waals surface area contributed by atoms with Crippen molar-refractivity contribution < 1.29 is 37.3 Å². The van der Waals surface area contributed by atoms with E-state index in [1.54, 1.807) is 0 Å². The maximum atomic E-state index is 13.6. The molecule has 0 aliphatic heterocycles. The molecule has 3 unspecified atom stereocenters. The van der Waals surface area contributed by atoms with Crippen molar-refractivity contribution in [3.05, 3.63) is 85.1 Å². The topological polar surface area (TPSA) is 114 Å². The van der Waals surface area contributed by atoms with Crippen LogP contribution in [0.5, 0.6) is 0 Å². The summed E-state index contributed by atoms with van der Waals surface area (Å²) in [4.78, 5) is 40.0. The number of rotatable bonds is 58. The number of amides is 1. The largest absolute Gasteiger partial charge is 0.756 e. The molecule has 0 rings (SSSR count). The van der Waals surface area contributed by atoms with Gasteiger partial charge in [0.05, 0.1) is 33.8 Å². The molecular formula is C68H123N2O7P. The highest BCUT2D eigenvalue weighted by molar-refractivity contribution is 7.45. The van der Waals surface area contributed by atoms with Gasteiger partial charge in [-0.3, -0.25) is 14.2 Å². The molecule has 0 radical (unpaired) electrons. The lowest BCUT2D eigenvalue weighted by Crippen LogP contribution is -2.47. The molecule has 0 aliphatic rings. The van der Waals surface area contributed by atoms with E-state index in [0.29, 0.717) is 23.9 Å². The summed E-state index contributed by atoms with van der Waals surface area (Å²) in [5.74, 6) is -0.587. The molecule has 1 amide bonds. The molecule has 0 aromatic heterocycles. The fourth-order valence-electron chi connectivity index (χ4n) is 9.26. The molecule has 3 atom stereocenters. The summed E-state index contributed by atoms with van der Waals surface area (Å²) in [5, 5.41) is 3.02. The molecule has 9 nitrogen and oxygen atoms in total. The number of esters is 1. The van der Waals surface area contributed by atoms with Crippen molar-refractivity contribution in [3.8, 4) is 0 Å².